The van der Waals surface area contributed by atoms with E-state index in [1.807, 2.05) is 36.1 Å². The molecule has 1 aliphatic rings. The van der Waals surface area contributed by atoms with Crippen molar-refractivity contribution >= 4 is 23.3 Å². The minimum absolute atomic E-state index is 0.172. The summed E-state index contributed by atoms with van der Waals surface area (Å²) in [5, 5.41) is 0.593. The van der Waals surface area contributed by atoms with E-state index >= 15 is 0 Å². The van der Waals surface area contributed by atoms with Crippen molar-refractivity contribution in [1.29, 1.82) is 0 Å². The van der Waals surface area contributed by atoms with Crippen LogP contribution in [-0.2, 0) is 4.79 Å². The average Bonchev–Trinajstić information content (AvgIpc) is 2.66. The second kappa shape index (κ2) is 8.85. The minimum Gasteiger partial charge on any atom is -0.492 e. The van der Waals surface area contributed by atoms with Crippen molar-refractivity contribution in [2.24, 2.45) is 0 Å². The molecule has 1 aromatic heterocycles. The maximum absolute atomic E-state index is 12.4. The van der Waals surface area contributed by atoms with Gasteiger partial charge in [0.25, 0.3) is 0 Å². The number of carbonyl (C=O) groups is 1. The molecule has 7 heteroatoms. The highest BCUT2D eigenvalue weighted by molar-refractivity contribution is 6.32. The molecule has 6 nitrogen and oxygen atoms in total. The van der Waals surface area contributed by atoms with Crippen LogP contribution in [0.3, 0.4) is 0 Å². The van der Waals surface area contributed by atoms with Crippen molar-refractivity contribution in [3.8, 4) is 5.75 Å². The topological polar surface area (TPSA) is 58.6 Å². The van der Waals surface area contributed by atoms with E-state index in [0.29, 0.717) is 43.3 Å². The molecule has 0 aliphatic carbocycles. The monoisotopic (exact) mass is 374 g/mol. The summed E-state index contributed by atoms with van der Waals surface area (Å²) in [6.07, 6.45) is 2.74. The lowest BCUT2D eigenvalue weighted by molar-refractivity contribution is -0.131. The molecule has 3 rings (SSSR count). The van der Waals surface area contributed by atoms with Gasteiger partial charge in [0.15, 0.2) is 0 Å². The van der Waals surface area contributed by atoms with Crippen molar-refractivity contribution in [1.82, 2.24) is 14.9 Å². The van der Waals surface area contributed by atoms with Crippen molar-refractivity contribution in [2.75, 3.05) is 37.7 Å². The van der Waals surface area contributed by atoms with Crippen LogP contribution in [0.2, 0.25) is 5.02 Å². The molecule has 138 valence electrons. The third-order valence-electron chi connectivity index (χ3n) is 4.37. The molecule has 1 aliphatic heterocycles. The van der Waals surface area contributed by atoms with E-state index in [1.165, 1.54) is 0 Å². The summed E-state index contributed by atoms with van der Waals surface area (Å²) in [6, 6.07) is 9.34. The first-order valence-electron chi connectivity index (χ1n) is 8.82. The summed E-state index contributed by atoms with van der Waals surface area (Å²) in [5.74, 6) is 1.76. The van der Waals surface area contributed by atoms with Crippen molar-refractivity contribution in [2.45, 2.75) is 19.8 Å². The molecule has 2 heterocycles. The highest BCUT2D eigenvalue weighted by Crippen LogP contribution is 2.23. The Balaban J connectivity index is 1.39. The number of halogens is 1. The molecule has 0 saturated carbocycles. The van der Waals surface area contributed by atoms with Gasteiger partial charge in [0.05, 0.1) is 11.6 Å². The maximum atomic E-state index is 12.4. The van der Waals surface area contributed by atoms with Gasteiger partial charge in [-0.05, 0) is 25.5 Å². The van der Waals surface area contributed by atoms with Gasteiger partial charge in [0.1, 0.15) is 17.9 Å². The molecule has 1 saturated heterocycles. The number of aromatic nitrogens is 2. The van der Waals surface area contributed by atoms with E-state index in [0.717, 1.165) is 24.6 Å². The van der Waals surface area contributed by atoms with Gasteiger partial charge in [-0.15, -0.1) is 0 Å². The largest absolute Gasteiger partial charge is 0.492 e. The van der Waals surface area contributed by atoms with Crippen LogP contribution in [0.4, 0.5) is 5.82 Å². The van der Waals surface area contributed by atoms with Crippen LogP contribution in [0, 0.1) is 6.92 Å². The van der Waals surface area contributed by atoms with E-state index < -0.39 is 0 Å². The van der Waals surface area contributed by atoms with Crippen molar-refractivity contribution < 1.29 is 9.53 Å². The fourth-order valence-corrected chi connectivity index (χ4v) is 3.11. The first-order chi connectivity index (χ1) is 12.6. The molecule has 0 radical (unpaired) electrons. The number of aryl methyl sites for hydroxylation is 1. The Kier molecular flexibility index (Phi) is 6.28. The van der Waals surface area contributed by atoms with E-state index in [2.05, 4.69) is 14.9 Å². The van der Waals surface area contributed by atoms with Crippen molar-refractivity contribution in [3.05, 3.63) is 47.4 Å². The molecule has 1 fully saturated rings. The number of anilines is 1. The fourth-order valence-electron chi connectivity index (χ4n) is 2.92. The molecule has 0 bridgehead atoms. The Morgan fingerprint density at radius 2 is 1.96 bits per heavy atom. The summed E-state index contributed by atoms with van der Waals surface area (Å²) < 4.78 is 5.64. The SMILES string of the molecule is Cc1cc(N2CCN(C(=O)CCCOc3ccccc3Cl)CC2)ncn1. The lowest BCUT2D eigenvalue weighted by atomic mass is 10.2. The number of rotatable bonds is 6. The number of hydrogen-bond donors (Lipinski definition) is 0. The first kappa shape index (κ1) is 18.5. The highest BCUT2D eigenvalue weighted by atomic mass is 35.5. The minimum atomic E-state index is 0.172. The van der Waals surface area contributed by atoms with Gasteiger partial charge < -0.3 is 14.5 Å². The number of ether oxygens (including phenoxy) is 1. The van der Waals surface area contributed by atoms with E-state index in [-0.39, 0.29) is 5.91 Å². The molecule has 26 heavy (non-hydrogen) atoms. The zero-order chi connectivity index (χ0) is 18.4. The molecule has 2 aromatic rings. The van der Waals surface area contributed by atoms with Crippen LogP contribution in [-0.4, -0.2) is 53.6 Å². The molecule has 0 atom stereocenters. The van der Waals surface area contributed by atoms with Crippen LogP contribution >= 0.6 is 11.6 Å². The Morgan fingerprint density at radius 3 is 2.69 bits per heavy atom. The summed E-state index contributed by atoms with van der Waals surface area (Å²) in [5.41, 5.74) is 0.951. The fraction of sp³-hybridized carbons (Fsp3) is 0.421. The molecule has 0 N–H and O–H groups in total. The number of hydrogen-bond acceptors (Lipinski definition) is 5. The Morgan fingerprint density at radius 1 is 1.19 bits per heavy atom. The first-order valence-corrected chi connectivity index (χ1v) is 9.20. The molecular weight excluding hydrogens is 352 g/mol. The molecular formula is C19H23ClN4O2. The second-order valence-corrected chi connectivity index (χ2v) is 6.68. The second-order valence-electron chi connectivity index (χ2n) is 6.27. The van der Waals surface area contributed by atoms with Crippen LogP contribution in [0.15, 0.2) is 36.7 Å². The highest BCUT2D eigenvalue weighted by Gasteiger charge is 2.21. The smallest absolute Gasteiger partial charge is 0.222 e. The van der Waals surface area contributed by atoms with E-state index in [1.54, 1.807) is 12.4 Å². The quantitative estimate of drug-likeness (QED) is 0.727. The number of amides is 1. The van der Waals surface area contributed by atoms with Gasteiger partial charge in [-0.25, -0.2) is 9.97 Å². The third-order valence-corrected chi connectivity index (χ3v) is 4.69. The normalized spacial score (nSPS) is 14.4. The summed E-state index contributed by atoms with van der Waals surface area (Å²) in [7, 11) is 0. The maximum Gasteiger partial charge on any atom is 0.222 e. The zero-order valence-corrected chi connectivity index (χ0v) is 15.7. The van der Waals surface area contributed by atoms with Crippen molar-refractivity contribution in [3.63, 3.8) is 0 Å². The summed E-state index contributed by atoms with van der Waals surface area (Å²) >= 11 is 6.05. The summed E-state index contributed by atoms with van der Waals surface area (Å²) in [4.78, 5) is 24.9. The number of para-hydroxylation sites is 1. The van der Waals surface area contributed by atoms with Gasteiger partial charge in [0.2, 0.25) is 5.91 Å². The van der Waals surface area contributed by atoms with Gasteiger partial charge in [-0.1, -0.05) is 23.7 Å². The number of piperazine rings is 1. The van der Waals surface area contributed by atoms with E-state index in [4.69, 9.17) is 16.3 Å². The molecule has 0 unspecified atom stereocenters. The van der Waals surface area contributed by atoms with Gasteiger partial charge in [0, 0.05) is 44.4 Å². The predicted octanol–water partition coefficient (Wildman–Crippen LogP) is 2.95. The Hall–Kier alpha value is -2.34. The zero-order valence-electron chi connectivity index (χ0n) is 14.9. The standard InChI is InChI=1S/C19H23ClN4O2/c1-15-13-18(22-14-21-15)23-8-10-24(11-9-23)19(25)7-4-12-26-17-6-3-2-5-16(17)20/h2-3,5-6,13-14H,4,7-12H2,1H3. The predicted molar refractivity (Wildman–Crippen MR) is 102 cm³/mol. The molecule has 1 aromatic carbocycles. The van der Waals surface area contributed by atoms with Gasteiger partial charge in [-0.3, -0.25) is 4.79 Å². The number of nitrogens with zero attached hydrogens (tertiary/aromatic N) is 4. The Labute approximate surface area is 158 Å². The van der Waals surface area contributed by atoms with Crippen LogP contribution < -0.4 is 9.64 Å². The van der Waals surface area contributed by atoms with Crippen LogP contribution in [0.1, 0.15) is 18.5 Å². The lowest BCUT2D eigenvalue weighted by Crippen LogP contribution is -2.49. The van der Waals surface area contributed by atoms with Crippen LogP contribution in [0.5, 0.6) is 5.75 Å². The molecule has 1 amide bonds. The lowest BCUT2D eigenvalue weighted by Gasteiger charge is -2.35. The number of carbonyl (C=O) groups excluding carboxylic acids is 1. The average molecular weight is 375 g/mol. The number of benzene rings is 1. The van der Waals surface area contributed by atoms with Crippen LogP contribution in [0.25, 0.3) is 0 Å². The van der Waals surface area contributed by atoms with Gasteiger partial charge >= 0.3 is 0 Å². The van der Waals surface area contributed by atoms with E-state index in [9.17, 15) is 4.79 Å². The molecule has 0 spiro atoms. The van der Waals surface area contributed by atoms with Gasteiger partial charge in [-0.2, -0.15) is 0 Å². The summed E-state index contributed by atoms with van der Waals surface area (Å²) in [6.45, 7) is 5.45. The third kappa shape index (κ3) is 4.85. The Bertz CT molecular complexity index is 748.